The number of fused-ring (bicyclic) bond motifs is 1. The van der Waals surface area contributed by atoms with E-state index in [2.05, 4.69) is 14.3 Å². The molecule has 2 aromatic heterocycles. The van der Waals surface area contributed by atoms with E-state index < -0.39 is 0 Å². The maximum absolute atomic E-state index is 5.78. The Hall–Kier alpha value is -1.20. The van der Waals surface area contributed by atoms with E-state index >= 15 is 0 Å². The van der Waals surface area contributed by atoms with E-state index in [0.717, 1.165) is 22.4 Å². The monoisotopic (exact) mass is 222 g/mol. The van der Waals surface area contributed by atoms with E-state index in [1.807, 2.05) is 32.4 Å². The summed E-state index contributed by atoms with van der Waals surface area (Å²) >= 11 is 1.42. The Labute approximate surface area is 92.9 Å². The second kappa shape index (κ2) is 4.12. The third kappa shape index (κ3) is 2.08. The summed E-state index contributed by atoms with van der Waals surface area (Å²) < 4.78 is 4.14. The van der Waals surface area contributed by atoms with Crippen molar-refractivity contribution in [2.24, 2.45) is 5.73 Å². The molecule has 1 atom stereocenters. The lowest BCUT2D eigenvalue weighted by atomic mass is 10.2. The Balaban J connectivity index is 2.38. The smallest absolute Gasteiger partial charge is 0.145 e. The fourth-order valence-electron chi connectivity index (χ4n) is 1.63. The van der Waals surface area contributed by atoms with Gasteiger partial charge in [-0.05, 0) is 24.5 Å². The van der Waals surface area contributed by atoms with Crippen molar-refractivity contribution in [1.29, 1.82) is 0 Å². The van der Waals surface area contributed by atoms with Crippen LogP contribution in [0.25, 0.3) is 10.2 Å². The van der Waals surface area contributed by atoms with Crippen LogP contribution in [0.3, 0.4) is 0 Å². The number of anilines is 1. The molecular formula is C10H14N4S. The molecule has 5 heteroatoms. The van der Waals surface area contributed by atoms with Crippen LogP contribution in [0.15, 0.2) is 18.5 Å². The minimum atomic E-state index is 0.157. The molecule has 2 rings (SSSR count). The summed E-state index contributed by atoms with van der Waals surface area (Å²) in [6.07, 6.45) is 3.67. The molecule has 0 fully saturated rings. The van der Waals surface area contributed by atoms with Crippen molar-refractivity contribution in [2.45, 2.75) is 13.0 Å². The number of hydrogen-bond donors (Lipinski definition) is 1. The van der Waals surface area contributed by atoms with Gasteiger partial charge in [0.25, 0.3) is 0 Å². The lowest BCUT2D eigenvalue weighted by Gasteiger charge is -2.21. The molecule has 2 N–H and O–H groups in total. The maximum Gasteiger partial charge on any atom is 0.145 e. The summed E-state index contributed by atoms with van der Waals surface area (Å²) in [5.41, 5.74) is 6.92. The first-order valence-electron chi connectivity index (χ1n) is 4.84. The van der Waals surface area contributed by atoms with Gasteiger partial charge in [-0.3, -0.25) is 0 Å². The van der Waals surface area contributed by atoms with Crippen LogP contribution >= 0.6 is 11.5 Å². The average molecular weight is 222 g/mol. The average Bonchev–Trinajstić information content (AvgIpc) is 2.63. The molecule has 0 saturated heterocycles. The fraction of sp³-hybridized carbons (Fsp3) is 0.400. The molecule has 1 unspecified atom stereocenters. The van der Waals surface area contributed by atoms with Gasteiger partial charge in [0.15, 0.2) is 0 Å². The molecular weight excluding hydrogens is 208 g/mol. The van der Waals surface area contributed by atoms with Gasteiger partial charge in [-0.1, -0.05) is 0 Å². The zero-order valence-electron chi connectivity index (χ0n) is 8.84. The Bertz CT molecular complexity index is 451. The highest BCUT2D eigenvalue weighted by molar-refractivity contribution is 7.12. The van der Waals surface area contributed by atoms with Crippen LogP contribution in [0.1, 0.15) is 6.92 Å². The molecule has 0 bridgehead atoms. The van der Waals surface area contributed by atoms with Crippen LogP contribution < -0.4 is 10.6 Å². The summed E-state index contributed by atoms with van der Waals surface area (Å²) in [4.78, 5) is 7.38. The molecule has 0 aliphatic carbocycles. The molecule has 0 radical (unpaired) electrons. The Morgan fingerprint density at radius 3 is 3.13 bits per heavy atom. The topological polar surface area (TPSA) is 55.0 Å². The van der Waals surface area contributed by atoms with Gasteiger partial charge in [-0.15, -0.1) is 0 Å². The van der Waals surface area contributed by atoms with Crippen molar-refractivity contribution in [3.05, 3.63) is 18.5 Å². The van der Waals surface area contributed by atoms with E-state index in [1.165, 1.54) is 11.5 Å². The van der Waals surface area contributed by atoms with Gasteiger partial charge < -0.3 is 10.6 Å². The summed E-state index contributed by atoms with van der Waals surface area (Å²) in [6.45, 7) is 2.83. The normalized spacial score (nSPS) is 13.0. The summed E-state index contributed by atoms with van der Waals surface area (Å²) in [5, 5.41) is 1.10. The van der Waals surface area contributed by atoms with Gasteiger partial charge in [0.1, 0.15) is 4.83 Å². The highest BCUT2D eigenvalue weighted by atomic mass is 32.1. The Morgan fingerprint density at radius 2 is 2.40 bits per heavy atom. The third-order valence-electron chi connectivity index (χ3n) is 2.22. The lowest BCUT2D eigenvalue weighted by molar-refractivity contribution is 0.719. The van der Waals surface area contributed by atoms with Crippen molar-refractivity contribution in [3.8, 4) is 0 Å². The van der Waals surface area contributed by atoms with Gasteiger partial charge in [0, 0.05) is 31.5 Å². The Morgan fingerprint density at radius 1 is 1.60 bits per heavy atom. The standard InChI is InChI=1S/C10H14N4S/c1-7(11)6-14(2)9-3-4-12-10-8(9)5-13-15-10/h3-5,7H,6,11H2,1-2H3. The van der Waals surface area contributed by atoms with E-state index in [0.29, 0.717) is 0 Å². The predicted molar refractivity (Wildman–Crippen MR) is 64.3 cm³/mol. The predicted octanol–water partition coefficient (Wildman–Crippen LogP) is 1.47. The fourth-order valence-corrected chi connectivity index (χ4v) is 2.25. The minimum Gasteiger partial charge on any atom is -0.372 e. The lowest BCUT2D eigenvalue weighted by Crippen LogP contribution is -2.32. The molecule has 2 heterocycles. The summed E-state index contributed by atoms with van der Waals surface area (Å²) in [6, 6.07) is 2.16. The molecule has 0 aromatic carbocycles. The van der Waals surface area contributed by atoms with Crippen molar-refractivity contribution < 1.29 is 0 Å². The number of nitrogens with zero attached hydrogens (tertiary/aromatic N) is 3. The second-order valence-electron chi connectivity index (χ2n) is 3.73. The number of hydrogen-bond acceptors (Lipinski definition) is 5. The SMILES string of the molecule is CC(N)CN(C)c1ccnc2sncc12. The maximum atomic E-state index is 5.78. The van der Waals surface area contributed by atoms with Crippen LogP contribution in [-0.4, -0.2) is 29.0 Å². The molecule has 80 valence electrons. The molecule has 2 aromatic rings. The molecule has 4 nitrogen and oxygen atoms in total. The van der Waals surface area contributed by atoms with Crippen LogP contribution in [0.4, 0.5) is 5.69 Å². The van der Waals surface area contributed by atoms with Gasteiger partial charge in [-0.25, -0.2) is 4.98 Å². The minimum absolute atomic E-state index is 0.157. The highest BCUT2D eigenvalue weighted by Gasteiger charge is 2.09. The number of pyridine rings is 1. The van der Waals surface area contributed by atoms with Crippen LogP contribution in [0.5, 0.6) is 0 Å². The number of aromatic nitrogens is 2. The van der Waals surface area contributed by atoms with Crippen molar-refractivity contribution >= 4 is 27.4 Å². The zero-order chi connectivity index (χ0) is 10.8. The molecule has 0 spiro atoms. The molecule has 0 aliphatic heterocycles. The zero-order valence-corrected chi connectivity index (χ0v) is 9.66. The quantitative estimate of drug-likeness (QED) is 0.854. The van der Waals surface area contributed by atoms with Crippen molar-refractivity contribution in [1.82, 2.24) is 9.36 Å². The first-order valence-corrected chi connectivity index (χ1v) is 5.62. The Kier molecular flexibility index (Phi) is 2.83. The first kappa shape index (κ1) is 10.3. The molecule has 15 heavy (non-hydrogen) atoms. The summed E-state index contributed by atoms with van der Waals surface area (Å²) in [5.74, 6) is 0. The van der Waals surface area contributed by atoms with Crippen LogP contribution in [0.2, 0.25) is 0 Å². The van der Waals surface area contributed by atoms with Crippen LogP contribution in [-0.2, 0) is 0 Å². The number of rotatable bonds is 3. The van der Waals surface area contributed by atoms with E-state index in [9.17, 15) is 0 Å². The van der Waals surface area contributed by atoms with Gasteiger partial charge in [0.2, 0.25) is 0 Å². The van der Waals surface area contributed by atoms with E-state index in [-0.39, 0.29) is 6.04 Å². The molecule has 0 saturated carbocycles. The first-order chi connectivity index (χ1) is 7.18. The van der Waals surface area contributed by atoms with E-state index in [4.69, 9.17) is 5.73 Å². The number of nitrogens with two attached hydrogens (primary N) is 1. The largest absolute Gasteiger partial charge is 0.372 e. The van der Waals surface area contributed by atoms with E-state index in [1.54, 1.807) is 0 Å². The van der Waals surface area contributed by atoms with Gasteiger partial charge >= 0.3 is 0 Å². The van der Waals surface area contributed by atoms with Gasteiger partial charge in [-0.2, -0.15) is 4.37 Å². The molecule has 0 aliphatic rings. The van der Waals surface area contributed by atoms with Crippen molar-refractivity contribution in [2.75, 3.05) is 18.5 Å². The molecule has 0 amide bonds. The second-order valence-corrected chi connectivity index (χ2v) is 4.51. The van der Waals surface area contributed by atoms with Crippen LogP contribution in [0, 0.1) is 0 Å². The van der Waals surface area contributed by atoms with Gasteiger partial charge in [0.05, 0.1) is 11.6 Å². The van der Waals surface area contributed by atoms with Crippen molar-refractivity contribution in [3.63, 3.8) is 0 Å². The summed E-state index contributed by atoms with van der Waals surface area (Å²) in [7, 11) is 2.04. The number of likely N-dealkylation sites (N-methyl/N-ethyl adjacent to an activating group) is 1. The third-order valence-corrected chi connectivity index (χ3v) is 2.93. The highest BCUT2D eigenvalue weighted by Crippen LogP contribution is 2.26.